The van der Waals surface area contributed by atoms with Gasteiger partial charge in [0.1, 0.15) is 5.75 Å². The fourth-order valence-corrected chi connectivity index (χ4v) is 2.58. The largest absolute Gasteiger partial charge is 0.495 e. The number of H-pyrrole nitrogens is 1. The van der Waals surface area contributed by atoms with Crippen LogP contribution in [-0.2, 0) is 9.53 Å². The summed E-state index contributed by atoms with van der Waals surface area (Å²) in [6, 6.07) is 11.8. The van der Waals surface area contributed by atoms with Crippen LogP contribution in [0.25, 0.3) is 10.8 Å². The second-order valence-corrected chi connectivity index (χ2v) is 5.77. The summed E-state index contributed by atoms with van der Waals surface area (Å²) in [5.74, 6) is -0.844. The Balaban J connectivity index is 1.71. The summed E-state index contributed by atoms with van der Waals surface area (Å²) >= 11 is 0. The van der Waals surface area contributed by atoms with Gasteiger partial charge in [-0.3, -0.25) is 9.59 Å². The maximum atomic E-state index is 12.3. The van der Waals surface area contributed by atoms with Crippen LogP contribution in [0.15, 0.2) is 47.3 Å². The molecular formula is C19H17N3O5. The van der Waals surface area contributed by atoms with Crippen molar-refractivity contribution in [3.05, 3.63) is 64.1 Å². The summed E-state index contributed by atoms with van der Waals surface area (Å²) in [4.78, 5) is 36.2. The van der Waals surface area contributed by atoms with Crippen molar-refractivity contribution < 1.29 is 19.1 Å². The standard InChI is InChI=1S/C19H17N3O5/c1-11-7-8-15(26-2)14(9-11)20-16(23)10-27-19(25)17-12-5-3-4-6-13(12)18(24)22-21-17/h3-9H,10H2,1-2H3,(H,20,23)(H,22,24). The molecule has 0 atom stereocenters. The van der Waals surface area contributed by atoms with E-state index in [0.717, 1.165) is 5.56 Å². The number of benzene rings is 2. The highest BCUT2D eigenvalue weighted by Crippen LogP contribution is 2.25. The maximum absolute atomic E-state index is 12.3. The Morgan fingerprint density at radius 3 is 2.63 bits per heavy atom. The van der Waals surface area contributed by atoms with Gasteiger partial charge in [0.2, 0.25) is 0 Å². The van der Waals surface area contributed by atoms with Gasteiger partial charge in [-0.15, -0.1) is 0 Å². The van der Waals surface area contributed by atoms with E-state index < -0.39 is 24.0 Å². The molecule has 0 radical (unpaired) electrons. The van der Waals surface area contributed by atoms with Crippen molar-refractivity contribution in [1.82, 2.24) is 10.2 Å². The lowest BCUT2D eigenvalue weighted by Crippen LogP contribution is -2.23. The Morgan fingerprint density at radius 1 is 1.15 bits per heavy atom. The number of nitrogens with zero attached hydrogens (tertiary/aromatic N) is 1. The van der Waals surface area contributed by atoms with Gasteiger partial charge in [-0.05, 0) is 30.7 Å². The fraction of sp³-hybridized carbons (Fsp3) is 0.158. The number of aryl methyl sites for hydroxylation is 1. The van der Waals surface area contributed by atoms with Gasteiger partial charge in [0.15, 0.2) is 12.3 Å². The molecule has 2 N–H and O–H groups in total. The van der Waals surface area contributed by atoms with Crippen LogP contribution < -0.4 is 15.6 Å². The predicted molar refractivity (Wildman–Crippen MR) is 99.0 cm³/mol. The third-order valence-electron chi connectivity index (χ3n) is 3.85. The van der Waals surface area contributed by atoms with E-state index in [2.05, 4.69) is 15.5 Å². The first-order valence-corrected chi connectivity index (χ1v) is 8.08. The van der Waals surface area contributed by atoms with Gasteiger partial charge in [-0.1, -0.05) is 24.3 Å². The average Bonchev–Trinajstić information content (AvgIpc) is 2.67. The first-order valence-electron chi connectivity index (χ1n) is 8.08. The second kappa shape index (κ2) is 7.69. The van der Waals surface area contributed by atoms with Crippen LogP contribution in [0.5, 0.6) is 5.75 Å². The minimum atomic E-state index is -0.811. The first-order chi connectivity index (χ1) is 13.0. The van der Waals surface area contributed by atoms with Gasteiger partial charge in [0.25, 0.3) is 11.5 Å². The summed E-state index contributed by atoms with van der Waals surface area (Å²) in [5, 5.41) is 9.30. The third kappa shape index (κ3) is 3.95. The van der Waals surface area contributed by atoms with Gasteiger partial charge in [0, 0.05) is 5.39 Å². The number of aromatic amines is 1. The van der Waals surface area contributed by atoms with E-state index in [1.54, 1.807) is 36.4 Å². The molecular weight excluding hydrogens is 350 g/mol. The highest BCUT2D eigenvalue weighted by molar-refractivity contribution is 6.03. The van der Waals surface area contributed by atoms with Crippen LogP contribution in [0.2, 0.25) is 0 Å². The summed E-state index contributed by atoms with van der Waals surface area (Å²) in [5.41, 5.74) is 0.941. The van der Waals surface area contributed by atoms with Gasteiger partial charge in [-0.2, -0.15) is 5.10 Å². The van der Waals surface area contributed by atoms with Crippen LogP contribution in [-0.4, -0.2) is 35.8 Å². The van der Waals surface area contributed by atoms with Crippen molar-refractivity contribution in [2.45, 2.75) is 6.92 Å². The van der Waals surface area contributed by atoms with Crippen molar-refractivity contribution in [3.63, 3.8) is 0 Å². The number of hydrogen-bond donors (Lipinski definition) is 2. The molecule has 0 saturated carbocycles. The van der Waals surface area contributed by atoms with E-state index in [1.807, 2.05) is 13.0 Å². The summed E-state index contributed by atoms with van der Waals surface area (Å²) < 4.78 is 10.2. The number of amides is 1. The molecule has 8 nitrogen and oxygen atoms in total. The zero-order valence-electron chi connectivity index (χ0n) is 14.7. The number of carbonyl (C=O) groups excluding carboxylic acids is 2. The SMILES string of the molecule is COc1ccc(C)cc1NC(=O)COC(=O)c1n[nH]c(=O)c2ccccc12. The predicted octanol–water partition coefficient (Wildman–Crippen LogP) is 2.04. The number of aromatic nitrogens is 2. The van der Waals surface area contributed by atoms with Crippen molar-refractivity contribution in [3.8, 4) is 5.75 Å². The molecule has 8 heteroatoms. The Bertz CT molecular complexity index is 1070. The molecule has 0 aliphatic rings. The molecule has 0 aliphatic heterocycles. The zero-order valence-corrected chi connectivity index (χ0v) is 14.7. The van der Waals surface area contributed by atoms with E-state index >= 15 is 0 Å². The molecule has 0 aliphatic carbocycles. The highest BCUT2D eigenvalue weighted by Gasteiger charge is 2.17. The molecule has 0 fully saturated rings. The zero-order chi connectivity index (χ0) is 19.4. The summed E-state index contributed by atoms with van der Waals surface area (Å²) in [7, 11) is 1.49. The second-order valence-electron chi connectivity index (χ2n) is 5.77. The van der Waals surface area contributed by atoms with Crippen LogP contribution >= 0.6 is 0 Å². The van der Waals surface area contributed by atoms with Crippen LogP contribution in [0.1, 0.15) is 16.1 Å². The van der Waals surface area contributed by atoms with Crippen molar-refractivity contribution in [2.75, 3.05) is 19.0 Å². The molecule has 1 aromatic heterocycles. The normalized spacial score (nSPS) is 10.4. The fourth-order valence-electron chi connectivity index (χ4n) is 2.58. The maximum Gasteiger partial charge on any atom is 0.359 e. The van der Waals surface area contributed by atoms with Gasteiger partial charge in [0.05, 0.1) is 18.2 Å². The number of ether oxygens (including phenoxy) is 2. The van der Waals surface area contributed by atoms with Crippen molar-refractivity contribution in [1.29, 1.82) is 0 Å². The smallest absolute Gasteiger partial charge is 0.359 e. The van der Waals surface area contributed by atoms with Gasteiger partial charge < -0.3 is 14.8 Å². The van der Waals surface area contributed by atoms with E-state index in [1.165, 1.54) is 7.11 Å². The topological polar surface area (TPSA) is 110 Å². The Morgan fingerprint density at radius 2 is 1.89 bits per heavy atom. The lowest BCUT2D eigenvalue weighted by atomic mass is 10.1. The van der Waals surface area contributed by atoms with Crippen molar-refractivity contribution >= 4 is 28.3 Å². The first kappa shape index (κ1) is 18.1. The van der Waals surface area contributed by atoms with Crippen LogP contribution in [0.3, 0.4) is 0 Å². The number of methoxy groups -OCH3 is 1. The quantitative estimate of drug-likeness (QED) is 0.668. The number of carbonyl (C=O) groups is 2. The van der Waals surface area contributed by atoms with Crippen LogP contribution in [0.4, 0.5) is 5.69 Å². The molecule has 0 bridgehead atoms. The summed E-state index contributed by atoms with van der Waals surface area (Å²) in [6.45, 7) is 1.37. The van der Waals surface area contributed by atoms with E-state index in [0.29, 0.717) is 22.2 Å². The third-order valence-corrected chi connectivity index (χ3v) is 3.85. The molecule has 0 unspecified atom stereocenters. The molecule has 1 heterocycles. The van der Waals surface area contributed by atoms with E-state index in [-0.39, 0.29) is 5.69 Å². The highest BCUT2D eigenvalue weighted by atomic mass is 16.5. The van der Waals surface area contributed by atoms with Crippen molar-refractivity contribution in [2.24, 2.45) is 0 Å². The number of esters is 1. The number of fused-ring (bicyclic) bond motifs is 1. The Hall–Kier alpha value is -3.68. The molecule has 3 aromatic rings. The molecule has 0 saturated heterocycles. The van der Waals surface area contributed by atoms with E-state index in [9.17, 15) is 14.4 Å². The van der Waals surface area contributed by atoms with Gasteiger partial charge in [-0.25, -0.2) is 9.89 Å². The molecule has 2 aromatic carbocycles. The van der Waals surface area contributed by atoms with E-state index in [4.69, 9.17) is 9.47 Å². The summed E-state index contributed by atoms with van der Waals surface area (Å²) in [6.07, 6.45) is 0. The lowest BCUT2D eigenvalue weighted by Gasteiger charge is -2.11. The molecule has 138 valence electrons. The van der Waals surface area contributed by atoms with Crippen LogP contribution in [0, 0.1) is 6.92 Å². The molecule has 3 rings (SSSR count). The Labute approximate surface area is 154 Å². The Kier molecular flexibility index (Phi) is 5.16. The monoisotopic (exact) mass is 367 g/mol. The molecule has 27 heavy (non-hydrogen) atoms. The average molecular weight is 367 g/mol. The molecule has 0 spiro atoms. The number of anilines is 1. The molecule has 1 amide bonds. The number of hydrogen-bond acceptors (Lipinski definition) is 6. The number of rotatable bonds is 5. The minimum absolute atomic E-state index is 0.0638. The minimum Gasteiger partial charge on any atom is -0.495 e. The van der Waals surface area contributed by atoms with Gasteiger partial charge >= 0.3 is 5.97 Å². The lowest BCUT2D eigenvalue weighted by molar-refractivity contribution is -0.119. The number of nitrogens with one attached hydrogen (secondary N) is 2.